The lowest BCUT2D eigenvalue weighted by Crippen LogP contribution is -2.49. The lowest BCUT2D eigenvalue weighted by atomic mass is 9.98. The number of benzene rings is 1. The molecule has 1 fully saturated rings. The van der Waals surface area contributed by atoms with Gasteiger partial charge in [-0.3, -0.25) is 4.79 Å². The van der Waals surface area contributed by atoms with Crippen LogP contribution in [-0.2, 0) is 0 Å². The van der Waals surface area contributed by atoms with E-state index in [0.29, 0.717) is 18.0 Å². The molecule has 0 bridgehead atoms. The first-order valence-electron chi connectivity index (χ1n) is 8.71. The number of ether oxygens (including phenoxy) is 1. The van der Waals surface area contributed by atoms with E-state index in [1.165, 1.54) is 0 Å². The highest BCUT2D eigenvalue weighted by Crippen LogP contribution is 2.25. The van der Waals surface area contributed by atoms with Gasteiger partial charge in [-0.15, -0.1) is 0 Å². The van der Waals surface area contributed by atoms with Gasteiger partial charge in [0.1, 0.15) is 11.4 Å². The second kappa shape index (κ2) is 7.27. The molecule has 2 unspecified atom stereocenters. The highest BCUT2D eigenvalue weighted by Gasteiger charge is 2.31. The molecular weight excluding hydrogens is 318 g/mol. The van der Waals surface area contributed by atoms with Crippen molar-refractivity contribution in [3.8, 4) is 11.4 Å². The summed E-state index contributed by atoms with van der Waals surface area (Å²) < 4.78 is 7.07. The number of carbonyl (C=O) groups excluding carboxylic acids is 1. The van der Waals surface area contributed by atoms with Gasteiger partial charge in [-0.25, -0.2) is 4.68 Å². The molecule has 0 saturated carbocycles. The molecule has 6 nitrogen and oxygen atoms in total. The Morgan fingerprint density at radius 2 is 2.16 bits per heavy atom. The van der Waals surface area contributed by atoms with Crippen molar-refractivity contribution in [1.82, 2.24) is 14.7 Å². The van der Waals surface area contributed by atoms with Crippen LogP contribution in [-0.4, -0.2) is 51.5 Å². The number of carbonyl (C=O) groups is 1. The van der Waals surface area contributed by atoms with Crippen LogP contribution in [0.2, 0.25) is 0 Å². The molecule has 2 atom stereocenters. The summed E-state index contributed by atoms with van der Waals surface area (Å²) >= 11 is 0. The van der Waals surface area contributed by atoms with Crippen molar-refractivity contribution in [3.05, 3.63) is 41.7 Å². The number of likely N-dealkylation sites (tertiary alicyclic amines) is 1. The SMILES string of the molecule is COc1ccc(C)cc1-n1ccc(C(=O)N2CCCCC2C(C)O)n1. The number of piperidine rings is 1. The molecule has 2 aromatic rings. The zero-order valence-corrected chi connectivity index (χ0v) is 15.0. The first-order valence-corrected chi connectivity index (χ1v) is 8.71. The molecule has 1 aliphatic heterocycles. The summed E-state index contributed by atoms with van der Waals surface area (Å²) in [5.74, 6) is 0.573. The number of nitrogens with zero attached hydrogens (tertiary/aromatic N) is 3. The molecule has 3 rings (SSSR count). The lowest BCUT2D eigenvalue weighted by molar-refractivity contribution is 0.0276. The van der Waals surface area contributed by atoms with Gasteiger partial charge in [0.05, 0.1) is 19.3 Å². The molecule has 6 heteroatoms. The molecule has 1 N–H and O–H groups in total. The summed E-state index contributed by atoms with van der Waals surface area (Å²) in [6.07, 6.45) is 4.06. The van der Waals surface area contributed by atoms with Crippen LogP contribution in [0.4, 0.5) is 0 Å². The van der Waals surface area contributed by atoms with Gasteiger partial charge in [0, 0.05) is 12.7 Å². The monoisotopic (exact) mass is 343 g/mol. The van der Waals surface area contributed by atoms with Crippen molar-refractivity contribution in [2.75, 3.05) is 13.7 Å². The van der Waals surface area contributed by atoms with Crippen molar-refractivity contribution < 1.29 is 14.6 Å². The summed E-state index contributed by atoms with van der Waals surface area (Å²) in [7, 11) is 1.62. The fourth-order valence-corrected chi connectivity index (χ4v) is 3.41. The summed E-state index contributed by atoms with van der Waals surface area (Å²) in [6, 6.07) is 7.41. The van der Waals surface area contributed by atoms with Crippen LogP contribution in [0.3, 0.4) is 0 Å². The van der Waals surface area contributed by atoms with E-state index in [4.69, 9.17) is 4.74 Å². The second-order valence-corrected chi connectivity index (χ2v) is 6.62. The minimum atomic E-state index is -0.539. The maximum atomic E-state index is 12.9. The number of methoxy groups -OCH3 is 1. The molecule has 0 spiro atoms. The van der Waals surface area contributed by atoms with Crippen LogP contribution in [0.1, 0.15) is 42.2 Å². The Morgan fingerprint density at radius 3 is 2.88 bits per heavy atom. The molecule has 2 heterocycles. The second-order valence-electron chi connectivity index (χ2n) is 6.62. The number of aliphatic hydroxyl groups excluding tert-OH is 1. The van der Waals surface area contributed by atoms with Crippen LogP contribution in [0, 0.1) is 6.92 Å². The Balaban J connectivity index is 1.88. The van der Waals surface area contributed by atoms with E-state index in [1.54, 1.807) is 35.9 Å². The molecule has 0 aliphatic carbocycles. The number of hydrogen-bond acceptors (Lipinski definition) is 4. The van der Waals surface area contributed by atoms with E-state index in [-0.39, 0.29) is 11.9 Å². The molecule has 0 radical (unpaired) electrons. The smallest absolute Gasteiger partial charge is 0.274 e. The van der Waals surface area contributed by atoms with Crippen LogP contribution < -0.4 is 4.74 Å². The molecule has 1 aromatic carbocycles. The van der Waals surface area contributed by atoms with Crippen molar-refractivity contribution in [3.63, 3.8) is 0 Å². The number of rotatable bonds is 4. The topological polar surface area (TPSA) is 67.6 Å². The summed E-state index contributed by atoms with van der Waals surface area (Å²) in [5, 5.41) is 14.5. The highest BCUT2D eigenvalue weighted by atomic mass is 16.5. The summed E-state index contributed by atoms with van der Waals surface area (Å²) in [6.45, 7) is 4.40. The molecule has 1 saturated heterocycles. The van der Waals surface area contributed by atoms with Gasteiger partial charge in [-0.2, -0.15) is 5.10 Å². The maximum Gasteiger partial charge on any atom is 0.274 e. The van der Waals surface area contributed by atoms with Crippen molar-refractivity contribution in [2.24, 2.45) is 0 Å². The molecule has 1 aliphatic rings. The minimum absolute atomic E-state index is 0.129. The van der Waals surface area contributed by atoms with Gasteiger partial charge in [-0.05, 0) is 56.9 Å². The van der Waals surface area contributed by atoms with Crippen LogP contribution in [0.5, 0.6) is 5.75 Å². The third-order valence-electron chi connectivity index (χ3n) is 4.76. The Bertz CT molecular complexity index is 754. The third kappa shape index (κ3) is 3.54. The van der Waals surface area contributed by atoms with Gasteiger partial charge in [-0.1, -0.05) is 6.07 Å². The Morgan fingerprint density at radius 1 is 1.36 bits per heavy atom. The van der Waals surface area contributed by atoms with E-state index in [1.807, 2.05) is 25.1 Å². The number of aryl methyl sites for hydroxylation is 1. The maximum absolute atomic E-state index is 12.9. The van der Waals surface area contributed by atoms with E-state index >= 15 is 0 Å². The Labute approximate surface area is 148 Å². The van der Waals surface area contributed by atoms with Crippen molar-refractivity contribution >= 4 is 5.91 Å². The van der Waals surface area contributed by atoms with Crippen LogP contribution >= 0.6 is 0 Å². The minimum Gasteiger partial charge on any atom is -0.494 e. The van der Waals surface area contributed by atoms with Crippen LogP contribution in [0.15, 0.2) is 30.5 Å². The molecule has 134 valence electrons. The molecular formula is C19H25N3O3. The van der Waals surface area contributed by atoms with Crippen molar-refractivity contribution in [1.29, 1.82) is 0 Å². The van der Waals surface area contributed by atoms with Crippen molar-refractivity contribution in [2.45, 2.75) is 45.3 Å². The van der Waals surface area contributed by atoms with E-state index in [2.05, 4.69) is 5.10 Å². The predicted octanol–water partition coefficient (Wildman–Crippen LogP) is 2.56. The number of aliphatic hydroxyl groups is 1. The lowest BCUT2D eigenvalue weighted by Gasteiger charge is -2.37. The van der Waals surface area contributed by atoms with Crippen LogP contribution in [0.25, 0.3) is 5.69 Å². The first kappa shape index (κ1) is 17.5. The fourth-order valence-electron chi connectivity index (χ4n) is 3.41. The van der Waals surface area contributed by atoms with E-state index < -0.39 is 6.10 Å². The zero-order chi connectivity index (χ0) is 18.0. The number of amides is 1. The largest absolute Gasteiger partial charge is 0.494 e. The van der Waals surface area contributed by atoms with Gasteiger partial charge in [0.15, 0.2) is 5.69 Å². The zero-order valence-electron chi connectivity index (χ0n) is 15.0. The van der Waals surface area contributed by atoms with Gasteiger partial charge >= 0.3 is 0 Å². The third-order valence-corrected chi connectivity index (χ3v) is 4.76. The predicted molar refractivity (Wildman–Crippen MR) is 95.2 cm³/mol. The Kier molecular flexibility index (Phi) is 5.08. The average Bonchev–Trinajstić information content (AvgIpc) is 3.11. The highest BCUT2D eigenvalue weighted by molar-refractivity contribution is 5.92. The van der Waals surface area contributed by atoms with E-state index in [0.717, 1.165) is 30.5 Å². The molecule has 1 amide bonds. The first-order chi connectivity index (χ1) is 12.0. The quantitative estimate of drug-likeness (QED) is 0.926. The average molecular weight is 343 g/mol. The summed E-state index contributed by atoms with van der Waals surface area (Å²) in [4.78, 5) is 14.6. The Hall–Kier alpha value is -2.34. The number of aromatic nitrogens is 2. The number of hydrogen-bond donors (Lipinski definition) is 1. The van der Waals surface area contributed by atoms with E-state index in [9.17, 15) is 9.90 Å². The molecule has 25 heavy (non-hydrogen) atoms. The summed E-state index contributed by atoms with van der Waals surface area (Å²) in [5.41, 5.74) is 2.27. The van der Waals surface area contributed by atoms with Gasteiger partial charge in [0.2, 0.25) is 0 Å². The van der Waals surface area contributed by atoms with Gasteiger partial charge in [0.25, 0.3) is 5.91 Å². The fraction of sp³-hybridized carbons (Fsp3) is 0.474. The van der Waals surface area contributed by atoms with Gasteiger partial charge < -0.3 is 14.7 Å². The molecule has 1 aromatic heterocycles. The normalized spacial score (nSPS) is 18.9. The standard InChI is InChI=1S/C19H25N3O3/c1-13-7-8-18(25-3)17(12-13)22-11-9-15(20-22)19(24)21-10-5-4-6-16(21)14(2)23/h7-9,11-12,14,16,23H,4-6,10H2,1-3H3.